The minimum absolute atomic E-state index is 0.0109. The van der Waals surface area contributed by atoms with Crippen molar-refractivity contribution in [2.75, 3.05) is 6.61 Å². The van der Waals surface area contributed by atoms with E-state index in [4.69, 9.17) is 9.47 Å². The third-order valence-corrected chi connectivity index (χ3v) is 4.67. The van der Waals surface area contributed by atoms with Crippen LogP contribution in [0.25, 0.3) is 0 Å². The topological polar surface area (TPSA) is 52.6 Å². The van der Waals surface area contributed by atoms with E-state index >= 15 is 0 Å². The molecule has 4 heteroatoms. The molecule has 1 atom stereocenters. The molecule has 0 aliphatic heterocycles. The molecular weight excluding hydrogens is 352 g/mol. The average molecular weight is 383 g/mol. The fourth-order valence-electron chi connectivity index (χ4n) is 3.17. The van der Waals surface area contributed by atoms with Crippen molar-refractivity contribution in [2.24, 2.45) is 5.92 Å². The van der Waals surface area contributed by atoms with Crippen LogP contribution in [0, 0.1) is 5.92 Å². The monoisotopic (exact) mass is 382 g/mol. The first-order chi connectivity index (χ1) is 13.5. The minimum atomic E-state index is -0.486. The molecule has 0 bridgehead atoms. The summed E-state index contributed by atoms with van der Waals surface area (Å²) < 4.78 is 10.9. The normalized spacial score (nSPS) is 11.9. The van der Waals surface area contributed by atoms with Gasteiger partial charge in [0.25, 0.3) is 0 Å². The molecule has 0 saturated carbocycles. The van der Waals surface area contributed by atoms with Crippen LogP contribution in [-0.2, 0) is 16.0 Å². The highest BCUT2D eigenvalue weighted by atomic mass is 16.5. The Morgan fingerprint density at radius 1 is 0.964 bits per heavy atom. The van der Waals surface area contributed by atoms with Crippen LogP contribution in [-0.4, -0.2) is 18.5 Å². The van der Waals surface area contributed by atoms with Gasteiger partial charge in [0, 0.05) is 5.56 Å². The molecule has 1 unspecified atom stereocenters. The number of hydrogen-bond acceptors (Lipinski definition) is 4. The maximum Gasteiger partial charge on any atom is 0.343 e. The van der Waals surface area contributed by atoms with Crippen molar-refractivity contribution >= 4 is 11.9 Å². The molecule has 28 heavy (non-hydrogen) atoms. The van der Waals surface area contributed by atoms with E-state index in [9.17, 15) is 9.59 Å². The Morgan fingerprint density at radius 3 is 2.25 bits per heavy atom. The number of benzene rings is 2. The highest BCUT2D eigenvalue weighted by Crippen LogP contribution is 2.33. The lowest BCUT2D eigenvalue weighted by Crippen LogP contribution is -2.22. The van der Waals surface area contributed by atoms with Gasteiger partial charge >= 0.3 is 11.9 Å². The molecule has 0 aromatic heterocycles. The summed E-state index contributed by atoms with van der Waals surface area (Å²) >= 11 is 0. The molecule has 0 saturated heterocycles. The summed E-state index contributed by atoms with van der Waals surface area (Å²) in [4.78, 5) is 25.1. The molecule has 0 aliphatic carbocycles. The first kappa shape index (κ1) is 21.7. The lowest BCUT2D eigenvalue weighted by atomic mass is 9.88. The van der Waals surface area contributed by atoms with Gasteiger partial charge < -0.3 is 9.47 Å². The second-order valence-electron chi connectivity index (χ2n) is 7.20. The van der Waals surface area contributed by atoms with Crippen LogP contribution in [0.3, 0.4) is 0 Å². The molecule has 4 nitrogen and oxygen atoms in total. The predicted molar refractivity (Wildman–Crippen MR) is 111 cm³/mol. The Morgan fingerprint density at radius 2 is 1.64 bits per heavy atom. The van der Waals surface area contributed by atoms with Crippen molar-refractivity contribution in [3.05, 3.63) is 65.2 Å². The molecule has 2 aromatic rings. The Balaban J connectivity index is 2.22. The fraction of sp³-hybridized carbons (Fsp3) is 0.417. The van der Waals surface area contributed by atoms with Crippen molar-refractivity contribution < 1.29 is 19.1 Å². The number of hydrogen-bond donors (Lipinski definition) is 0. The van der Waals surface area contributed by atoms with E-state index in [-0.39, 0.29) is 11.9 Å². The Bertz CT molecular complexity index is 777. The summed E-state index contributed by atoms with van der Waals surface area (Å²) in [6, 6.07) is 14.7. The summed E-state index contributed by atoms with van der Waals surface area (Å²) in [5.74, 6) is -0.812. The third kappa shape index (κ3) is 5.69. The first-order valence-corrected chi connectivity index (χ1v) is 10.0. The molecule has 2 rings (SSSR count). The van der Waals surface area contributed by atoms with Gasteiger partial charge in [0.15, 0.2) is 0 Å². The van der Waals surface area contributed by atoms with Gasteiger partial charge in [0.05, 0.1) is 18.1 Å². The molecule has 0 radical (unpaired) electrons. The van der Waals surface area contributed by atoms with E-state index in [1.807, 2.05) is 38.1 Å². The number of ether oxygens (including phenoxy) is 2. The summed E-state index contributed by atoms with van der Waals surface area (Å²) in [6.45, 7) is 8.16. The van der Waals surface area contributed by atoms with E-state index in [1.54, 1.807) is 31.2 Å². The molecule has 0 amide bonds. The Kier molecular flexibility index (Phi) is 8.24. The average Bonchev–Trinajstić information content (AvgIpc) is 2.68. The van der Waals surface area contributed by atoms with Crippen molar-refractivity contribution in [1.29, 1.82) is 0 Å². The molecule has 150 valence electrons. The number of carbonyl (C=O) groups excluding carboxylic acids is 2. The van der Waals surface area contributed by atoms with Gasteiger partial charge in [0.1, 0.15) is 5.75 Å². The quantitative estimate of drug-likeness (QED) is 0.421. The molecule has 0 heterocycles. The lowest BCUT2D eigenvalue weighted by Gasteiger charge is -2.21. The largest absolute Gasteiger partial charge is 0.466 e. The van der Waals surface area contributed by atoms with Gasteiger partial charge in [0.2, 0.25) is 0 Å². The zero-order valence-electron chi connectivity index (χ0n) is 17.2. The van der Waals surface area contributed by atoms with Crippen molar-refractivity contribution in [3.8, 4) is 5.75 Å². The number of carbonyl (C=O) groups is 2. The van der Waals surface area contributed by atoms with Crippen molar-refractivity contribution in [2.45, 2.75) is 52.9 Å². The molecule has 0 spiro atoms. The van der Waals surface area contributed by atoms with E-state index in [0.29, 0.717) is 23.5 Å². The molecule has 0 fully saturated rings. The highest BCUT2D eigenvalue weighted by molar-refractivity contribution is 5.91. The van der Waals surface area contributed by atoms with Gasteiger partial charge in [-0.1, -0.05) is 57.5 Å². The second-order valence-corrected chi connectivity index (χ2v) is 7.20. The van der Waals surface area contributed by atoms with Gasteiger partial charge in [-0.05, 0) is 49.4 Å². The van der Waals surface area contributed by atoms with Gasteiger partial charge in [-0.3, -0.25) is 4.79 Å². The molecular formula is C24H30O4. The molecule has 0 N–H and O–H groups in total. The van der Waals surface area contributed by atoms with E-state index in [1.165, 1.54) is 5.56 Å². The Hall–Kier alpha value is -2.62. The number of esters is 2. The third-order valence-electron chi connectivity index (χ3n) is 4.67. The number of para-hydroxylation sites is 1. The zero-order chi connectivity index (χ0) is 20.5. The molecule has 0 aliphatic rings. The summed E-state index contributed by atoms with van der Waals surface area (Å²) in [5, 5.41) is 0. The van der Waals surface area contributed by atoms with Crippen LogP contribution in [0.4, 0.5) is 0 Å². The van der Waals surface area contributed by atoms with Crippen molar-refractivity contribution in [1.82, 2.24) is 0 Å². The van der Waals surface area contributed by atoms with Crippen LogP contribution in [0.15, 0.2) is 48.5 Å². The van der Waals surface area contributed by atoms with Gasteiger partial charge in [-0.25, -0.2) is 4.79 Å². The lowest BCUT2D eigenvalue weighted by molar-refractivity contribution is -0.146. The van der Waals surface area contributed by atoms with Crippen molar-refractivity contribution in [3.63, 3.8) is 0 Å². The van der Waals surface area contributed by atoms with Crippen LogP contribution < -0.4 is 4.74 Å². The van der Waals surface area contributed by atoms with Crippen LogP contribution in [0.5, 0.6) is 5.75 Å². The second kappa shape index (κ2) is 10.6. The number of aryl methyl sites for hydroxylation is 1. The van der Waals surface area contributed by atoms with E-state index in [0.717, 1.165) is 19.3 Å². The first-order valence-electron chi connectivity index (χ1n) is 10.0. The Labute approximate surface area is 167 Å². The van der Waals surface area contributed by atoms with Crippen LogP contribution in [0.1, 0.15) is 67.9 Å². The summed E-state index contributed by atoms with van der Waals surface area (Å²) in [7, 11) is 0. The highest BCUT2D eigenvalue weighted by Gasteiger charge is 2.29. The zero-order valence-corrected chi connectivity index (χ0v) is 17.2. The number of rotatable bonds is 9. The smallest absolute Gasteiger partial charge is 0.343 e. The SMILES string of the molecule is CCCCc1ccc(C(=O)Oc2ccccc2C(C(=O)OCC)C(C)C)cc1. The fourth-order valence-corrected chi connectivity index (χ4v) is 3.17. The predicted octanol–water partition coefficient (Wildman–Crippen LogP) is 5.55. The van der Waals surface area contributed by atoms with Crippen LogP contribution >= 0.6 is 0 Å². The maximum absolute atomic E-state index is 12.6. The molecule has 2 aromatic carbocycles. The number of unbranched alkanes of at least 4 members (excludes halogenated alkanes) is 1. The van der Waals surface area contributed by atoms with E-state index < -0.39 is 11.9 Å². The summed E-state index contributed by atoms with van der Waals surface area (Å²) in [6.07, 6.45) is 3.27. The van der Waals surface area contributed by atoms with Gasteiger partial charge in [-0.15, -0.1) is 0 Å². The maximum atomic E-state index is 12.6. The van der Waals surface area contributed by atoms with Crippen LogP contribution in [0.2, 0.25) is 0 Å². The van der Waals surface area contributed by atoms with Gasteiger partial charge in [-0.2, -0.15) is 0 Å². The summed E-state index contributed by atoms with van der Waals surface area (Å²) in [5.41, 5.74) is 2.37. The minimum Gasteiger partial charge on any atom is -0.466 e. The standard InChI is InChI=1S/C24H30O4/c1-5-7-10-18-13-15-19(16-14-18)23(25)28-21-12-9-8-11-20(21)22(17(3)4)24(26)27-6-2/h8-9,11-17,22H,5-7,10H2,1-4H3. The van der Waals surface area contributed by atoms with E-state index in [2.05, 4.69) is 6.92 Å².